The molecular weight excluding hydrogens is 298 g/mol. The Morgan fingerprint density at radius 2 is 1.83 bits per heavy atom. The van der Waals surface area contributed by atoms with Gasteiger partial charge in [-0.05, 0) is 55.4 Å². The quantitative estimate of drug-likeness (QED) is 0.754. The van der Waals surface area contributed by atoms with Gasteiger partial charge in [0, 0.05) is 12.6 Å². The molecule has 140 valence electrons. The fraction of sp³-hybridized carbons (Fsp3) is 1.00. The van der Waals surface area contributed by atoms with Gasteiger partial charge in [0.25, 0.3) is 0 Å². The fourth-order valence-corrected chi connectivity index (χ4v) is 5.92. The third kappa shape index (κ3) is 3.29. The highest BCUT2D eigenvalue weighted by Gasteiger charge is 2.61. The maximum atomic E-state index is 10.6. The summed E-state index contributed by atoms with van der Waals surface area (Å²) in [5.41, 5.74) is 0.686. The lowest BCUT2D eigenvalue weighted by Crippen LogP contribution is -2.44. The monoisotopic (exact) mass is 337 g/mol. The van der Waals surface area contributed by atoms with E-state index in [9.17, 15) is 5.11 Å². The van der Waals surface area contributed by atoms with Gasteiger partial charge in [0.2, 0.25) is 0 Å². The Morgan fingerprint density at radius 1 is 1.12 bits per heavy atom. The van der Waals surface area contributed by atoms with E-state index in [1.807, 2.05) is 0 Å². The first-order valence-electron chi connectivity index (χ1n) is 10.4. The summed E-state index contributed by atoms with van der Waals surface area (Å²) in [5.74, 6) is 0.805. The van der Waals surface area contributed by atoms with E-state index in [-0.39, 0.29) is 6.10 Å². The maximum Gasteiger partial charge on any atom is 0.0900 e. The molecule has 1 N–H and O–H groups in total. The van der Waals surface area contributed by atoms with E-state index in [0.29, 0.717) is 29.6 Å². The van der Waals surface area contributed by atoms with Gasteiger partial charge < -0.3 is 9.84 Å². The molecule has 2 bridgehead atoms. The van der Waals surface area contributed by atoms with E-state index in [1.54, 1.807) is 0 Å². The highest BCUT2D eigenvalue weighted by Crippen LogP contribution is 2.66. The molecule has 3 aliphatic rings. The summed E-state index contributed by atoms with van der Waals surface area (Å²) in [4.78, 5) is 2.49. The zero-order valence-electron chi connectivity index (χ0n) is 16.4. The summed E-state index contributed by atoms with van der Waals surface area (Å²) in [5, 5.41) is 10.6. The van der Waals surface area contributed by atoms with Crippen LogP contribution in [0.5, 0.6) is 0 Å². The average Bonchev–Trinajstić information content (AvgIpc) is 2.91. The lowest BCUT2D eigenvalue weighted by atomic mass is 9.70. The third-order valence-corrected chi connectivity index (χ3v) is 8.15. The molecule has 3 rings (SSSR count). The molecule has 0 heterocycles. The number of likely N-dealkylation sites (N-methyl/N-ethyl adjacent to an activating group) is 1. The van der Waals surface area contributed by atoms with Gasteiger partial charge in [0.1, 0.15) is 0 Å². The average molecular weight is 338 g/mol. The molecule has 0 aromatic carbocycles. The van der Waals surface area contributed by atoms with Crippen LogP contribution in [0.15, 0.2) is 0 Å². The van der Waals surface area contributed by atoms with Crippen LogP contribution in [0.25, 0.3) is 0 Å². The molecule has 24 heavy (non-hydrogen) atoms. The minimum atomic E-state index is -0.349. The maximum absolute atomic E-state index is 10.6. The second-order valence-electron chi connectivity index (χ2n) is 9.47. The predicted octanol–water partition coefficient (Wildman–Crippen LogP) is 4.23. The molecule has 3 fully saturated rings. The van der Waals surface area contributed by atoms with Crippen molar-refractivity contribution in [2.24, 2.45) is 16.7 Å². The zero-order chi connectivity index (χ0) is 17.4. The minimum Gasteiger partial charge on any atom is -0.389 e. The van der Waals surface area contributed by atoms with Crippen LogP contribution < -0.4 is 0 Å². The van der Waals surface area contributed by atoms with Crippen molar-refractivity contribution in [3.63, 3.8) is 0 Å². The molecule has 0 spiro atoms. The van der Waals surface area contributed by atoms with Crippen molar-refractivity contribution >= 4 is 0 Å². The second-order valence-corrected chi connectivity index (χ2v) is 9.47. The molecular formula is C21H39NO2. The molecule has 0 aromatic rings. The number of ether oxygens (including phenoxy) is 1. The van der Waals surface area contributed by atoms with Crippen LogP contribution in [0.3, 0.4) is 0 Å². The van der Waals surface area contributed by atoms with Gasteiger partial charge in [-0.2, -0.15) is 0 Å². The second kappa shape index (κ2) is 7.25. The summed E-state index contributed by atoms with van der Waals surface area (Å²) in [6, 6.07) is 0.678. The first-order valence-corrected chi connectivity index (χ1v) is 10.4. The number of nitrogens with zero attached hydrogens (tertiary/aromatic N) is 1. The highest BCUT2D eigenvalue weighted by atomic mass is 16.5. The number of hydrogen-bond donors (Lipinski definition) is 1. The molecule has 0 saturated heterocycles. The van der Waals surface area contributed by atoms with Crippen LogP contribution in [-0.4, -0.2) is 48.0 Å². The van der Waals surface area contributed by atoms with E-state index in [0.717, 1.165) is 19.0 Å². The smallest absolute Gasteiger partial charge is 0.0900 e. The van der Waals surface area contributed by atoms with Crippen molar-refractivity contribution in [1.82, 2.24) is 4.90 Å². The van der Waals surface area contributed by atoms with Gasteiger partial charge in [-0.25, -0.2) is 0 Å². The Bertz CT molecular complexity index is 418. The summed E-state index contributed by atoms with van der Waals surface area (Å²) in [6.45, 7) is 11.8. The number of aliphatic hydroxyl groups excluding tert-OH is 1. The van der Waals surface area contributed by atoms with Gasteiger partial charge >= 0.3 is 0 Å². The van der Waals surface area contributed by atoms with Crippen molar-refractivity contribution < 1.29 is 9.84 Å². The lowest BCUT2D eigenvalue weighted by Gasteiger charge is -2.39. The van der Waals surface area contributed by atoms with Crippen LogP contribution in [0.1, 0.15) is 79.1 Å². The Hall–Kier alpha value is -0.120. The minimum absolute atomic E-state index is 0.297. The van der Waals surface area contributed by atoms with Crippen molar-refractivity contribution in [2.45, 2.75) is 97.3 Å². The summed E-state index contributed by atoms with van der Waals surface area (Å²) in [6.07, 6.45) is 10.5. The van der Waals surface area contributed by atoms with Gasteiger partial charge in [0.05, 0.1) is 18.8 Å². The molecule has 3 saturated carbocycles. The fourth-order valence-electron chi connectivity index (χ4n) is 5.92. The Kier molecular flexibility index (Phi) is 5.64. The van der Waals surface area contributed by atoms with Gasteiger partial charge in [0.15, 0.2) is 0 Å². The van der Waals surface area contributed by atoms with Crippen LogP contribution >= 0.6 is 0 Å². The number of rotatable bonds is 7. The normalized spacial score (nSPS) is 37.2. The van der Waals surface area contributed by atoms with Crippen LogP contribution in [0, 0.1) is 16.7 Å². The van der Waals surface area contributed by atoms with Crippen molar-refractivity contribution in [3.05, 3.63) is 0 Å². The Labute approximate surface area is 149 Å². The Morgan fingerprint density at radius 3 is 2.38 bits per heavy atom. The molecule has 0 aromatic heterocycles. The SMILES string of the molecule is CCN(C[C@H](O)CO[C@H]1C[C@H]2CC[C@@]1(C)C2(C)C)C1CCCCC1. The summed E-state index contributed by atoms with van der Waals surface area (Å²) < 4.78 is 6.29. The Balaban J connectivity index is 1.48. The third-order valence-electron chi connectivity index (χ3n) is 8.15. The largest absolute Gasteiger partial charge is 0.389 e. The first-order chi connectivity index (χ1) is 11.4. The number of aliphatic hydroxyl groups is 1. The van der Waals surface area contributed by atoms with Crippen molar-refractivity contribution in [1.29, 1.82) is 0 Å². The zero-order valence-corrected chi connectivity index (χ0v) is 16.4. The van der Waals surface area contributed by atoms with E-state index in [1.165, 1.54) is 51.4 Å². The van der Waals surface area contributed by atoms with E-state index in [4.69, 9.17) is 4.74 Å². The molecule has 0 radical (unpaired) electrons. The predicted molar refractivity (Wildman–Crippen MR) is 99.1 cm³/mol. The molecule has 3 heteroatoms. The molecule has 0 unspecified atom stereocenters. The first kappa shape index (κ1) is 18.7. The van der Waals surface area contributed by atoms with E-state index >= 15 is 0 Å². The molecule has 3 nitrogen and oxygen atoms in total. The topological polar surface area (TPSA) is 32.7 Å². The number of fused-ring (bicyclic) bond motifs is 2. The van der Waals surface area contributed by atoms with Crippen molar-refractivity contribution in [2.75, 3.05) is 19.7 Å². The summed E-state index contributed by atoms with van der Waals surface area (Å²) >= 11 is 0. The molecule has 0 aliphatic heterocycles. The molecule has 0 amide bonds. The summed E-state index contributed by atoms with van der Waals surface area (Å²) in [7, 11) is 0. The van der Waals surface area contributed by atoms with E-state index < -0.39 is 0 Å². The highest BCUT2D eigenvalue weighted by molar-refractivity contribution is 5.11. The standard InChI is InChI=1S/C21H39NO2/c1-5-22(17-9-7-6-8-10-17)14-18(23)15-24-19-13-16-11-12-21(19,4)20(16,2)3/h16-19,23H,5-15H2,1-4H3/t16-,18+,19+,21-/m1/s1. The van der Waals surface area contributed by atoms with E-state index in [2.05, 4.69) is 32.6 Å². The molecule has 3 aliphatic carbocycles. The van der Waals surface area contributed by atoms with Crippen LogP contribution in [0.4, 0.5) is 0 Å². The van der Waals surface area contributed by atoms with Gasteiger partial charge in [-0.3, -0.25) is 4.90 Å². The van der Waals surface area contributed by atoms with Crippen LogP contribution in [0.2, 0.25) is 0 Å². The molecule has 4 atom stereocenters. The van der Waals surface area contributed by atoms with Gasteiger partial charge in [-0.1, -0.05) is 47.0 Å². The lowest BCUT2D eigenvalue weighted by molar-refractivity contribution is -0.0813. The van der Waals surface area contributed by atoms with Crippen LogP contribution in [-0.2, 0) is 4.74 Å². The van der Waals surface area contributed by atoms with Gasteiger partial charge in [-0.15, -0.1) is 0 Å². The van der Waals surface area contributed by atoms with Crippen molar-refractivity contribution in [3.8, 4) is 0 Å². The number of hydrogen-bond acceptors (Lipinski definition) is 3.